The van der Waals surface area contributed by atoms with Gasteiger partial charge in [-0.3, -0.25) is 14.9 Å². The molecular weight excluding hydrogens is 338 g/mol. The minimum Gasteiger partial charge on any atom is -0.394 e. The highest BCUT2D eigenvalue weighted by Crippen LogP contribution is 2.20. The number of non-ortho nitro benzene ring substituents is 1. The van der Waals surface area contributed by atoms with Crippen molar-refractivity contribution >= 4 is 11.6 Å². The molecule has 0 aliphatic heterocycles. The van der Waals surface area contributed by atoms with E-state index >= 15 is 0 Å². The zero-order chi connectivity index (χ0) is 19.1. The van der Waals surface area contributed by atoms with Gasteiger partial charge in [0.15, 0.2) is 0 Å². The van der Waals surface area contributed by atoms with Crippen LogP contribution in [-0.2, 0) is 11.2 Å². The van der Waals surface area contributed by atoms with Gasteiger partial charge in [0.2, 0.25) is 5.91 Å². The Kier molecular flexibility index (Phi) is 6.79. The van der Waals surface area contributed by atoms with Crippen LogP contribution in [0.15, 0.2) is 54.6 Å². The van der Waals surface area contributed by atoms with Crippen molar-refractivity contribution in [3.63, 3.8) is 0 Å². The summed E-state index contributed by atoms with van der Waals surface area (Å²) in [5, 5.41) is 33.0. The minimum absolute atomic E-state index is 0.115. The Labute approximate surface area is 150 Å². The number of aliphatic hydroxyl groups excluding tert-OH is 2. The Balaban J connectivity index is 2.00. The normalized spacial score (nSPS) is 14.3. The highest BCUT2D eigenvalue weighted by atomic mass is 16.6. The van der Waals surface area contributed by atoms with Crippen molar-refractivity contribution in [3.8, 4) is 0 Å². The SMILES string of the molecule is N[C@@H](Cc1ccccc1)C(=O)N[C@H](CO)[C@H](O)c1ccc([N+](=O)[O-])cc1. The maximum absolute atomic E-state index is 12.2. The molecule has 0 aliphatic carbocycles. The van der Waals surface area contributed by atoms with Crippen LogP contribution in [0.5, 0.6) is 0 Å². The summed E-state index contributed by atoms with van der Waals surface area (Å²) < 4.78 is 0. The van der Waals surface area contributed by atoms with E-state index in [1.165, 1.54) is 24.3 Å². The van der Waals surface area contributed by atoms with Crippen LogP contribution in [0.3, 0.4) is 0 Å². The summed E-state index contributed by atoms with van der Waals surface area (Å²) in [6.45, 7) is -0.512. The molecule has 8 heteroatoms. The number of aliphatic hydroxyl groups is 2. The third-order valence-electron chi connectivity index (χ3n) is 3.99. The van der Waals surface area contributed by atoms with E-state index in [1.807, 2.05) is 30.3 Å². The van der Waals surface area contributed by atoms with Crippen molar-refractivity contribution in [2.24, 2.45) is 5.73 Å². The maximum Gasteiger partial charge on any atom is 0.269 e. The molecule has 0 bridgehead atoms. The zero-order valence-electron chi connectivity index (χ0n) is 14.0. The van der Waals surface area contributed by atoms with Crippen molar-refractivity contribution in [3.05, 3.63) is 75.8 Å². The summed E-state index contributed by atoms with van der Waals surface area (Å²) in [5.41, 5.74) is 7.01. The standard InChI is InChI=1S/C18H21N3O5/c19-15(10-12-4-2-1-3-5-12)18(24)20-16(11-22)17(23)13-6-8-14(9-7-13)21(25)26/h1-9,15-17,22-23H,10-11,19H2,(H,20,24)/t15-,16+,17+/m0/s1. The number of hydrogen-bond acceptors (Lipinski definition) is 6. The maximum atomic E-state index is 12.2. The number of nitrogens with one attached hydrogen (secondary N) is 1. The number of nitrogens with zero attached hydrogens (tertiary/aromatic N) is 1. The van der Waals surface area contributed by atoms with Gasteiger partial charge in [-0.05, 0) is 29.7 Å². The molecule has 2 rings (SSSR count). The predicted molar refractivity (Wildman–Crippen MR) is 95.2 cm³/mol. The fraction of sp³-hybridized carbons (Fsp3) is 0.278. The van der Waals surface area contributed by atoms with Gasteiger partial charge in [0.05, 0.1) is 23.6 Å². The van der Waals surface area contributed by atoms with Crippen LogP contribution in [0.25, 0.3) is 0 Å². The molecule has 0 fully saturated rings. The van der Waals surface area contributed by atoms with Crippen LogP contribution < -0.4 is 11.1 Å². The molecule has 0 aliphatic rings. The molecule has 5 N–H and O–H groups in total. The number of carbonyl (C=O) groups is 1. The summed E-state index contributed by atoms with van der Waals surface area (Å²) >= 11 is 0. The lowest BCUT2D eigenvalue weighted by Gasteiger charge is -2.24. The zero-order valence-corrected chi connectivity index (χ0v) is 14.0. The number of amides is 1. The third-order valence-corrected chi connectivity index (χ3v) is 3.99. The van der Waals surface area contributed by atoms with Crippen molar-refractivity contribution in [1.82, 2.24) is 5.32 Å². The van der Waals surface area contributed by atoms with Gasteiger partial charge in [0.1, 0.15) is 6.10 Å². The predicted octanol–water partition coefficient (Wildman–Crippen LogP) is 0.675. The van der Waals surface area contributed by atoms with Crippen LogP contribution in [-0.4, -0.2) is 39.7 Å². The molecule has 0 radical (unpaired) electrons. The summed E-state index contributed by atoms with van der Waals surface area (Å²) in [6, 6.07) is 12.7. The van der Waals surface area contributed by atoms with Gasteiger partial charge in [-0.25, -0.2) is 0 Å². The highest BCUT2D eigenvalue weighted by Gasteiger charge is 2.25. The summed E-state index contributed by atoms with van der Waals surface area (Å²) in [4.78, 5) is 22.4. The van der Waals surface area contributed by atoms with Gasteiger partial charge in [0.25, 0.3) is 5.69 Å². The lowest BCUT2D eigenvalue weighted by atomic mass is 10.0. The van der Waals surface area contributed by atoms with Gasteiger partial charge in [-0.2, -0.15) is 0 Å². The van der Waals surface area contributed by atoms with E-state index in [4.69, 9.17) is 5.73 Å². The first-order chi connectivity index (χ1) is 12.4. The third kappa shape index (κ3) is 5.09. The van der Waals surface area contributed by atoms with E-state index in [0.717, 1.165) is 5.56 Å². The quantitative estimate of drug-likeness (QED) is 0.404. The Hall–Kier alpha value is -2.81. The topological polar surface area (TPSA) is 139 Å². The van der Waals surface area contributed by atoms with E-state index in [0.29, 0.717) is 12.0 Å². The number of nitrogens with two attached hydrogens (primary N) is 1. The summed E-state index contributed by atoms with van der Waals surface area (Å²) in [5.74, 6) is -0.506. The van der Waals surface area contributed by atoms with Gasteiger partial charge < -0.3 is 21.3 Å². The molecule has 138 valence electrons. The Morgan fingerprint density at radius 3 is 2.31 bits per heavy atom. The molecule has 1 amide bonds. The fourth-order valence-corrected chi connectivity index (χ4v) is 2.50. The molecule has 26 heavy (non-hydrogen) atoms. The van der Waals surface area contributed by atoms with Gasteiger partial charge in [0, 0.05) is 12.1 Å². The second-order valence-electron chi connectivity index (χ2n) is 5.89. The summed E-state index contributed by atoms with van der Waals surface area (Å²) in [6.07, 6.45) is -0.910. The Bertz CT molecular complexity index is 736. The second-order valence-corrected chi connectivity index (χ2v) is 5.89. The fourth-order valence-electron chi connectivity index (χ4n) is 2.50. The number of benzene rings is 2. The first-order valence-electron chi connectivity index (χ1n) is 8.05. The van der Waals surface area contributed by atoms with Gasteiger partial charge >= 0.3 is 0 Å². The van der Waals surface area contributed by atoms with Crippen molar-refractivity contribution in [2.75, 3.05) is 6.61 Å². The van der Waals surface area contributed by atoms with Crippen LogP contribution in [0.2, 0.25) is 0 Å². The number of nitro benzene ring substituents is 1. The van der Waals surface area contributed by atoms with Crippen LogP contribution in [0.1, 0.15) is 17.2 Å². The smallest absolute Gasteiger partial charge is 0.269 e. The Morgan fingerprint density at radius 2 is 1.77 bits per heavy atom. The van der Waals surface area contributed by atoms with Crippen LogP contribution >= 0.6 is 0 Å². The number of nitro groups is 1. The molecule has 8 nitrogen and oxygen atoms in total. The van der Waals surface area contributed by atoms with Crippen molar-refractivity contribution < 1.29 is 19.9 Å². The largest absolute Gasteiger partial charge is 0.394 e. The molecule has 0 saturated heterocycles. The number of rotatable bonds is 8. The highest BCUT2D eigenvalue weighted by molar-refractivity contribution is 5.82. The van der Waals surface area contributed by atoms with E-state index < -0.39 is 35.6 Å². The van der Waals surface area contributed by atoms with Gasteiger partial charge in [-0.1, -0.05) is 30.3 Å². The molecule has 3 atom stereocenters. The van der Waals surface area contributed by atoms with E-state index in [2.05, 4.69) is 5.32 Å². The Morgan fingerprint density at radius 1 is 1.15 bits per heavy atom. The van der Waals surface area contributed by atoms with E-state index in [9.17, 15) is 25.1 Å². The number of carbonyl (C=O) groups excluding carboxylic acids is 1. The van der Waals surface area contributed by atoms with Crippen LogP contribution in [0, 0.1) is 10.1 Å². The van der Waals surface area contributed by atoms with Crippen molar-refractivity contribution in [2.45, 2.75) is 24.6 Å². The average molecular weight is 359 g/mol. The molecule has 0 aromatic heterocycles. The lowest BCUT2D eigenvalue weighted by molar-refractivity contribution is -0.384. The second kappa shape index (κ2) is 9.04. The van der Waals surface area contributed by atoms with Crippen molar-refractivity contribution in [1.29, 1.82) is 0 Å². The molecule has 0 heterocycles. The molecule has 2 aromatic carbocycles. The molecule has 0 spiro atoms. The molecule has 2 aromatic rings. The van der Waals surface area contributed by atoms with E-state index in [1.54, 1.807) is 0 Å². The molecule has 0 saturated carbocycles. The molecular formula is C18H21N3O5. The minimum atomic E-state index is -1.23. The monoisotopic (exact) mass is 359 g/mol. The lowest BCUT2D eigenvalue weighted by Crippen LogP contribution is -2.49. The average Bonchev–Trinajstić information content (AvgIpc) is 2.66. The first kappa shape index (κ1) is 19.5. The summed E-state index contributed by atoms with van der Waals surface area (Å²) in [7, 11) is 0. The van der Waals surface area contributed by atoms with Crippen LogP contribution in [0.4, 0.5) is 5.69 Å². The van der Waals surface area contributed by atoms with Gasteiger partial charge in [-0.15, -0.1) is 0 Å². The van der Waals surface area contributed by atoms with E-state index in [-0.39, 0.29) is 5.69 Å². The first-order valence-corrected chi connectivity index (χ1v) is 8.05. The molecule has 0 unspecified atom stereocenters. The number of hydrogen-bond donors (Lipinski definition) is 4.